The molecule has 96 valence electrons. The van der Waals surface area contributed by atoms with E-state index in [2.05, 4.69) is 20.8 Å². The van der Waals surface area contributed by atoms with Crippen molar-refractivity contribution in [3.05, 3.63) is 0 Å². The molecular weight excluding hydrogens is 200 g/mol. The molecule has 0 saturated heterocycles. The Balaban J connectivity index is 4.25. The van der Waals surface area contributed by atoms with Crippen LogP contribution in [0.15, 0.2) is 0 Å². The van der Waals surface area contributed by atoms with Crippen LogP contribution in [0.5, 0.6) is 0 Å². The van der Waals surface area contributed by atoms with Gasteiger partial charge in [-0.3, -0.25) is 4.79 Å². The summed E-state index contributed by atoms with van der Waals surface area (Å²) in [4.78, 5) is 11.5. The van der Waals surface area contributed by atoms with Gasteiger partial charge in [-0.05, 0) is 19.3 Å². The van der Waals surface area contributed by atoms with E-state index >= 15 is 0 Å². The Morgan fingerprint density at radius 2 is 1.75 bits per heavy atom. The second-order valence-electron chi connectivity index (χ2n) is 5.07. The van der Waals surface area contributed by atoms with Gasteiger partial charge < -0.3 is 4.74 Å². The standard InChI is InChI=1S/C14H28O2/c1-6-9-10-14(7-2,8-3)11-16-13(15)12(4)5/h12H,6-11H2,1-5H3. The van der Waals surface area contributed by atoms with E-state index in [1.165, 1.54) is 19.3 Å². The van der Waals surface area contributed by atoms with Crippen molar-refractivity contribution in [3.63, 3.8) is 0 Å². The lowest BCUT2D eigenvalue weighted by Gasteiger charge is -2.31. The van der Waals surface area contributed by atoms with Crippen molar-refractivity contribution >= 4 is 5.97 Å². The van der Waals surface area contributed by atoms with Gasteiger partial charge in [0.15, 0.2) is 0 Å². The number of unbranched alkanes of at least 4 members (excludes halogenated alkanes) is 1. The van der Waals surface area contributed by atoms with Crippen LogP contribution < -0.4 is 0 Å². The van der Waals surface area contributed by atoms with Gasteiger partial charge in [-0.25, -0.2) is 0 Å². The molecule has 0 N–H and O–H groups in total. The molecule has 0 amide bonds. The monoisotopic (exact) mass is 228 g/mol. The maximum absolute atomic E-state index is 11.5. The number of ether oxygens (including phenoxy) is 1. The van der Waals surface area contributed by atoms with E-state index in [0.717, 1.165) is 12.8 Å². The predicted molar refractivity (Wildman–Crippen MR) is 68.3 cm³/mol. The molecular formula is C14H28O2. The van der Waals surface area contributed by atoms with Gasteiger partial charge in [-0.1, -0.05) is 47.5 Å². The molecule has 0 rings (SSSR count). The van der Waals surface area contributed by atoms with Crippen LogP contribution in [0.4, 0.5) is 0 Å². The average molecular weight is 228 g/mol. The number of rotatable bonds is 8. The summed E-state index contributed by atoms with van der Waals surface area (Å²) in [5, 5.41) is 0. The minimum absolute atomic E-state index is 0.0161. The summed E-state index contributed by atoms with van der Waals surface area (Å²) in [6, 6.07) is 0. The Labute approximate surface area is 101 Å². The lowest BCUT2D eigenvalue weighted by Crippen LogP contribution is -2.28. The van der Waals surface area contributed by atoms with Crippen molar-refractivity contribution in [2.24, 2.45) is 11.3 Å². The molecule has 0 radical (unpaired) electrons. The molecule has 2 heteroatoms. The molecule has 0 aromatic carbocycles. The Morgan fingerprint density at radius 1 is 1.19 bits per heavy atom. The van der Waals surface area contributed by atoms with E-state index < -0.39 is 0 Å². The quantitative estimate of drug-likeness (QED) is 0.582. The third-order valence-electron chi connectivity index (χ3n) is 3.55. The molecule has 2 nitrogen and oxygen atoms in total. The number of esters is 1. The Bertz CT molecular complexity index is 193. The van der Waals surface area contributed by atoms with E-state index in [0.29, 0.717) is 6.61 Å². The van der Waals surface area contributed by atoms with Gasteiger partial charge in [0.1, 0.15) is 0 Å². The lowest BCUT2D eigenvalue weighted by atomic mass is 9.78. The molecule has 0 atom stereocenters. The summed E-state index contributed by atoms with van der Waals surface area (Å²) in [7, 11) is 0. The third kappa shape index (κ3) is 5.00. The Morgan fingerprint density at radius 3 is 2.12 bits per heavy atom. The summed E-state index contributed by atoms with van der Waals surface area (Å²) in [6.45, 7) is 11.0. The van der Waals surface area contributed by atoms with Crippen molar-refractivity contribution < 1.29 is 9.53 Å². The van der Waals surface area contributed by atoms with Crippen molar-refractivity contribution in [2.45, 2.75) is 66.7 Å². The number of carbonyl (C=O) groups excluding carboxylic acids is 1. The van der Waals surface area contributed by atoms with Gasteiger partial charge in [-0.2, -0.15) is 0 Å². The van der Waals surface area contributed by atoms with Gasteiger partial charge >= 0.3 is 5.97 Å². The summed E-state index contributed by atoms with van der Waals surface area (Å²) >= 11 is 0. The first-order valence-electron chi connectivity index (χ1n) is 6.68. The predicted octanol–water partition coefficient (Wildman–Crippen LogP) is 4.18. The molecule has 0 unspecified atom stereocenters. The van der Waals surface area contributed by atoms with Crippen LogP contribution in [0.25, 0.3) is 0 Å². The van der Waals surface area contributed by atoms with E-state index in [1.54, 1.807) is 0 Å². The molecule has 0 aliphatic rings. The largest absolute Gasteiger partial charge is 0.465 e. The highest BCUT2D eigenvalue weighted by Gasteiger charge is 2.27. The normalized spacial score (nSPS) is 11.9. The maximum atomic E-state index is 11.5. The Hall–Kier alpha value is -0.530. The van der Waals surface area contributed by atoms with Crippen LogP contribution in [0, 0.1) is 11.3 Å². The molecule has 0 saturated carbocycles. The number of hydrogen-bond donors (Lipinski definition) is 0. The van der Waals surface area contributed by atoms with Gasteiger partial charge in [-0.15, -0.1) is 0 Å². The zero-order valence-corrected chi connectivity index (χ0v) is 11.6. The smallest absolute Gasteiger partial charge is 0.308 e. The fourth-order valence-corrected chi connectivity index (χ4v) is 1.82. The molecule has 0 aromatic rings. The third-order valence-corrected chi connectivity index (χ3v) is 3.55. The molecule has 0 fully saturated rings. The summed E-state index contributed by atoms with van der Waals surface area (Å²) in [5.74, 6) is -0.0830. The highest BCUT2D eigenvalue weighted by molar-refractivity contribution is 5.71. The van der Waals surface area contributed by atoms with Crippen molar-refractivity contribution in [1.82, 2.24) is 0 Å². The van der Waals surface area contributed by atoms with Crippen LogP contribution in [0.3, 0.4) is 0 Å². The van der Waals surface area contributed by atoms with Gasteiger partial charge in [0.25, 0.3) is 0 Å². The first kappa shape index (κ1) is 15.5. The second-order valence-corrected chi connectivity index (χ2v) is 5.07. The molecule has 0 aliphatic heterocycles. The number of carbonyl (C=O) groups is 1. The lowest BCUT2D eigenvalue weighted by molar-refractivity contribution is -0.151. The van der Waals surface area contributed by atoms with E-state index in [9.17, 15) is 4.79 Å². The van der Waals surface area contributed by atoms with Crippen molar-refractivity contribution in [1.29, 1.82) is 0 Å². The Kier molecular flexibility index (Phi) is 7.44. The van der Waals surface area contributed by atoms with Gasteiger partial charge in [0.05, 0.1) is 12.5 Å². The topological polar surface area (TPSA) is 26.3 Å². The maximum Gasteiger partial charge on any atom is 0.308 e. The fraction of sp³-hybridized carbons (Fsp3) is 0.929. The van der Waals surface area contributed by atoms with Crippen LogP contribution in [-0.2, 0) is 9.53 Å². The molecule has 0 heterocycles. The highest BCUT2D eigenvalue weighted by Crippen LogP contribution is 2.33. The van der Waals surface area contributed by atoms with Crippen molar-refractivity contribution in [2.75, 3.05) is 6.61 Å². The molecule has 0 bridgehead atoms. The van der Waals surface area contributed by atoms with Gasteiger partial charge in [0.2, 0.25) is 0 Å². The van der Waals surface area contributed by atoms with E-state index in [-0.39, 0.29) is 17.3 Å². The number of hydrogen-bond acceptors (Lipinski definition) is 2. The molecule has 16 heavy (non-hydrogen) atoms. The fourth-order valence-electron chi connectivity index (χ4n) is 1.82. The van der Waals surface area contributed by atoms with E-state index in [4.69, 9.17) is 4.74 Å². The average Bonchev–Trinajstić information content (AvgIpc) is 2.29. The zero-order valence-electron chi connectivity index (χ0n) is 11.6. The van der Waals surface area contributed by atoms with Crippen LogP contribution in [0.2, 0.25) is 0 Å². The molecule has 0 aliphatic carbocycles. The minimum atomic E-state index is -0.0669. The van der Waals surface area contributed by atoms with Crippen LogP contribution >= 0.6 is 0 Å². The summed E-state index contributed by atoms with van der Waals surface area (Å²) in [6.07, 6.45) is 5.78. The SMILES string of the molecule is CCCCC(CC)(CC)COC(=O)C(C)C. The molecule has 0 aromatic heterocycles. The van der Waals surface area contributed by atoms with E-state index in [1.807, 2.05) is 13.8 Å². The van der Waals surface area contributed by atoms with Crippen LogP contribution in [-0.4, -0.2) is 12.6 Å². The zero-order chi connectivity index (χ0) is 12.6. The highest BCUT2D eigenvalue weighted by atomic mass is 16.5. The first-order chi connectivity index (χ1) is 7.51. The second kappa shape index (κ2) is 7.70. The molecule has 0 spiro atoms. The summed E-state index contributed by atoms with van der Waals surface area (Å²) in [5.41, 5.74) is 0.209. The van der Waals surface area contributed by atoms with Crippen molar-refractivity contribution in [3.8, 4) is 0 Å². The first-order valence-corrected chi connectivity index (χ1v) is 6.68. The summed E-state index contributed by atoms with van der Waals surface area (Å²) < 4.78 is 5.41. The van der Waals surface area contributed by atoms with Crippen LogP contribution in [0.1, 0.15) is 66.7 Å². The minimum Gasteiger partial charge on any atom is -0.465 e. The van der Waals surface area contributed by atoms with Gasteiger partial charge in [0, 0.05) is 5.41 Å².